The lowest BCUT2D eigenvalue weighted by molar-refractivity contribution is 0.275. The molecule has 2 heterocycles. The van der Waals surface area contributed by atoms with E-state index >= 15 is 0 Å². The maximum atomic E-state index is 14.2. The third kappa shape index (κ3) is 2.62. The van der Waals surface area contributed by atoms with E-state index in [9.17, 15) is 4.39 Å². The van der Waals surface area contributed by atoms with E-state index in [1.54, 1.807) is 6.20 Å². The summed E-state index contributed by atoms with van der Waals surface area (Å²) in [6.07, 6.45) is 3.68. The molecule has 2 rings (SSSR count). The van der Waals surface area contributed by atoms with Gasteiger partial charge in [-0.1, -0.05) is 0 Å². The number of rotatable bonds is 4. The molecule has 1 aliphatic heterocycles. The van der Waals surface area contributed by atoms with Crippen molar-refractivity contribution in [1.82, 2.24) is 9.88 Å². The fourth-order valence-electron chi connectivity index (χ4n) is 2.52. The number of aliphatic hydroxyl groups excluding tert-OH is 1. The van der Waals surface area contributed by atoms with Gasteiger partial charge in [0.1, 0.15) is 0 Å². The lowest BCUT2D eigenvalue weighted by Crippen LogP contribution is -2.38. The number of pyridine rings is 1. The van der Waals surface area contributed by atoms with Crippen molar-refractivity contribution in [2.24, 2.45) is 0 Å². The Morgan fingerprint density at radius 1 is 1.56 bits per heavy atom. The lowest BCUT2D eigenvalue weighted by Gasteiger charge is -2.28. The van der Waals surface area contributed by atoms with Crippen LogP contribution in [-0.4, -0.2) is 48.2 Å². The first kappa shape index (κ1) is 13.2. The summed E-state index contributed by atoms with van der Waals surface area (Å²) in [4.78, 5) is 8.28. The van der Waals surface area contributed by atoms with Gasteiger partial charge in [-0.2, -0.15) is 0 Å². The molecule has 1 saturated heterocycles. The second-order valence-corrected chi connectivity index (χ2v) is 5.02. The zero-order chi connectivity index (χ0) is 13.1. The van der Waals surface area contributed by atoms with E-state index in [0.717, 1.165) is 25.9 Å². The molecule has 0 spiro atoms. The molecule has 18 heavy (non-hydrogen) atoms. The molecular weight excluding hydrogens is 233 g/mol. The van der Waals surface area contributed by atoms with Crippen LogP contribution in [0.2, 0.25) is 0 Å². The number of anilines is 1. The van der Waals surface area contributed by atoms with Gasteiger partial charge in [0.15, 0.2) is 11.6 Å². The first-order valence-corrected chi connectivity index (χ1v) is 6.29. The van der Waals surface area contributed by atoms with Gasteiger partial charge in [-0.3, -0.25) is 0 Å². The summed E-state index contributed by atoms with van der Waals surface area (Å²) in [7, 11) is 4.04. The highest BCUT2D eigenvalue weighted by atomic mass is 19.1. The number of hydrogen-bond donors (Lipinski definition) is 1. The van der Waals surface area contributed by atoms with Gasteiger partial charge in [-0.25, -0.2) is 9.37 Å². The van der Waals surface area contributed by atoms with Crippen molar-refractivity contribution in [3.63, 3.8) is 0 Å². The molecule has 0 radical (unpaired) electrons. The summed E-state index contributed by atoms with van der Waals surface area (Å²) in [5, 5.41) is 9.10. The van der Waals surface area contributed by atoms with Crippen LogP contribution >= 0.6 is 0 Å². The zero-order valence-corrected chi connectivity index (χ0v) is 10.9. The second kappa shape index (κ2) is 5.63. The number of aromatic nitrogens is 1. The van der Waals surface area contributed by atoms with Crippen LogP contribution in [0.1, 0.15) is 18.4 Å². The molecule has 1 atom stereocenters. The minimum atomic E-state index is -0.384. The maximum Gasteiger partial charge on any atom is 0.171 e. The Morgan fingerprint density at radius 3 is 3.00 bits per heavy atom. The molecule has 1 aromatic rings. The van der Waals surface area contributed by atoms with Gasteiger partial charge in [0.25, 0.3) is 0 Å². The average molecular weight is 253 g/mol. The fraction of sp³-hybridized carbons (Fsp3) is 0.615. The number of aliphatic hydroxyl groups is 1. The van der Waals surface area contributed by atoms with Gasteiger partial charge in [-0.15, -0.1) is 0 Å². The van der Waals surface area contributed by atoms with Crippen LogP contribution in [0, 0.1) is 5.82 Å². The van der Waals surface area contributed by atoms with Crippen molar-refractivity contribution >= 4 is 5.82 Å². The van der Waals surface area contributed by atoms with Crippen LogP contribution in [0.25, 0.3) is 0 Å². The molecule has 0 aliphatic carbocycles. The number of likely N-dealkylation sites (N-methyl/N-ethyl adjacent to an activating group) is 1. The summed E-state index contributed by atoms with van der Waals surface area (Å²) in [5.74, 6) is -0.00319. The van der Waals surface area contributed by atoms with Gasteiger partial charge in [0, 0.05) is 30.9 Å². The topological polar surface area (TPSA) is 39.6 Å². The molecule has 1 aliphatic rings. The molecule has 0 aromatic carbocycles. The van der Waals surface area contributed by atoms with Crippen LogP contribution in [0.5, 0.6) is 0 Å². The van der Waals surface area contributed by atoms with E-state index in [1.165, 1.54) is 6.07 Å². The van der Waals surface area contributed by atoms with Crippen molar-refractivity contribution in [1.29, 1.82) is 0 Å². The molecule has 1 aromatic heterocycles. The van der Waals surface area contributed by atoms with E-state index in [1.807, 2.05) is 19.0 Å². The van der Waals surface area contributed by atoms with Gasteiger partial charge in [0.05, 0.1) is 6.61 Å². The van der Waals surface area contributed by atoms with Gasteiger partial charge < -0.3 is 14.9 Å². The normalized spacial score (nSPS) is 19.8. The van der Waals surface area contributed by atoms with Crippen LogP contribution < -0.4 is 4.90 Å². The summed E-state index contributed by atoms with van der Waals surface area (Å²) in [5.41, 5.74) is 0.315. The third-order valence-electron chi connectivity index (χ3n) is 3.35. The van der Waals surface area contributed by atoms with E-state index in [0.29, 0.717) is 17.4 Å². The van der Waals surface area contributed by atoms with Crippen molar-refractivity contribution < 1.29 is 9.50 Å². The molecule has 4 nitrogen and oxygen atoms in total. The van der Waals surface area contributed by atoms with E-state index in [4.69, 9.17) is 5.11 Å². The third-order valence-corrected chi connectivity index (χ3v) is 3.35. The summed E-state index contributed by atoms with van der Waals surface area (Å²) < 4.78 is 14.2. The van der Waals surface area contributed by atoms with Gasteiger partial charge in [0.2, 0.25) is 0 Å². The van der Waals surface area contributed by atoms with Crippen molar-refractivity contribution in [3.8, 4) is 0 Å². The highest BCUT2D eigenvalue weighted by Crippen LogP contribution is 2.27. The minimum Gasteiger partial charge on any atom is -0.392 e. The SMILES string of the molecule is CN(C)CC1CCCN1c1nccc(CO)c1F. The molecule has 0 bridgehead atoms. The smallest absolute Gasteiger partial charge is 0.171 e. The number of hydrogen-bond acceptors (Lipinski definition) is 4. The van der Waals surface area contributed by atoms with E-state index < -0.39 is 0 Å². The first-order chi connectivity index (χ1) is 8.63. The van der Waals surface area contributed by atoms with Crippen molar-refractivity contribution in [2.45, 2.75) is 25.5 Å². The monoisotopic (exact) mass is 253 g/mol. The number of nitrogens with zero attached hydrogens (tertiary/aromatic N) is 3. The first-order valence-electron chi connectivity index (χ1n) is 6.29. The molecule has 0 saturated carbocycles. The average Bonchev–Trinajstić information content (AvgIpc) is 2.76. The quantitative estimate of drug-likeness (QED) is 0.876. The molecule has 1 unspecified atom stereocenters. The van der Waals surface area contributed by atoms with Crippen molar-refractivity contribution in [2.75, 3.05) is 32.1 Å². The second-order valence-electron chi connectivity index (χ2n) is 5.02. The van der Waals surface area contributed by atoms with Crippen LogP contribution in [0.15, 0.2) is 12.3 Å². The largest absolute Gasteiger partial charge is 0.392 e. The van der Waals surface area contributed by atoms with Crippen LogP contribution in [-0.2, 0) is 6.61 Å². The van der Waals surface area contributed by atoms with Crippen LogP contribution in [0.3, 0.4) is 0 Å². The molecular formula is C13H20FN3O. The Balaban J connectivity index is 2.24. The molecule has 0 amide bonds. The highest BCUT2D eigenvalue weighted by Gasteiger charge is 2.28. The summed E-state index contributed by atoms with van der Waals surface area (Å²) >= 11 is 0. The predicted octanol–water partition coefficient (Wildman–Crippen LogP) is 1.24. The Labute approximate surface area is 107 Å². The molecule has 1 N–H and O–H groups in total. The Bertz CT molecular complexity index is 411. The maximum absolute atomic E-state index is 14.2. The zero-order valence-electron chi connectivity index (χ0n) is 10.9. The van der Waals surface area contributed by atoms with E-state index in [2.05, 4.69) is 9.88 Å². The standard InChI is InChI=1S/C13H20FN3O/c1-16(2)8-11-4-3-7-17(11)13-12(14)10(9-18)5-6-15-13/h5-6,11,18H,3-4,7-9H2,1-2H3. The van der Waals surface area contributed by atoms with E-state index in [-0.39, 0.29) is 12.4 Å². The van der Waals surface area contributed by atoms with Crippen molar-refractivity contribution in [3.05, 3.63) is 23.6 Å². The minimum absolute atomic E-state index is 0.284. The molecule has 5 heteroatoms. The molecule has 100 valence electrons. The van der Waals surface area contributed by atoms with Gasteiger partial charge >= 0.3 is 0 Å². The highest BCUT2D eigenvalue weighted by molar-refractivity contribution is 5.45. The predicted molar refractivity (Wildman–Crippen MR) is 69.0 cm³/mol. The van der Waals surface area contributed by atoms with Gasteiger partial charge in [-0.05, 0) is 33.0 Å². The Hall–Kier alpha value is -1.20. The molecule has 1 fully saturated rings. The summed E-state index contributed by atoms with van der Waals surface area (Å²) in [6.45, 7) is 1.44. The number of halogens is 1. The Morgan fingerprint density at radius 2 is 2.33 bits per heavy atom. The summed E-state index contributed by atoms with van der Waals surface area (Å²) in [6, 6.07) is 1.83. The fourth-order valence-corrected chi connectivity index (χ4v) is 2.52. The van der Waals surface area contributed by atoms with Crippen LogP contribution in [0.4, 0.5) is 10.2 Å². The lowest BCUT2D eigenvalue weighted by atomic mass is 10.2. The Kier molecular flexibility index (Phi) is 4.14.